The third kappa shape index (κ3) is 6.45. The largest absolute Gasteiger partial charge is 0.497 e. The van der Waals surface area contributed by atoms with Gasteiger partial charge in [-0.2, -0.15) is 0 Å². The number of pyridine rings is 1. The number of rotatable bonds is 8. The van der Waals surface area contributed by atoms with Crippen LogP contribution in [0.4, 0.5) is 13.6 Å². The summed E-state index contributed by atoms with van der Waals surface area (Å²) in [6, 6.07) is 17.2. The van der Waals surface area contributed by atoms with Crippen molar-refractivity contribution in [2.24, 2.45) is 0 Å². The Labute approximate surface area is 223 Å². The molecule has 1 aromatic heterocycles. The molecule has 0 fully saturated rings. The number of nitrogens with zero attached hydrogens (tertiary/aromatic N) is 1. The predicted molar refractivity (Wildman–Crippen MR) is 139 cm³/mol. The molecule has 1 atom stereocenters. The molecule has 0 aliphatic rings. The molecule has 0 spiro atoms. The van der Waals surface area contributed by atoms with Gasteiger partial charge in [0.1, 0.15) is 22.3 Å². The van der Waals surface area contributed by atoms with Crippen molar-refractivity contribution in [3.05, 3.63) is 113 Å². The fraction of sp³-hybridized carbons (Fsp3) is 0.111. The third-order valence-corrected chi connectivity index (χ3v) is 7.42. The molecule has 3 aromatic carbocycles. The first-order chi connectivity index (χ1) is 18.2. The molecule has 0 aliphatic carbocycles. The van der Waals surface area contributed by atoms with Crippen molar-refractivity contribution >= 4 is 27.7 Å². The fourth-order valence-electron chi connectivity index (χ4n) is 3.92. The smallest absolute Gasteiger partial charge is 0.329 e. The number of benzene rings is 3. The lowest BCUT2D eigenvalue weighted by Gasteiger charge is -2.22. The molecule has 2 amide bonds. The molecule has 0 unspecified atom stereocenters. The zero-order valence-electron chi connectivity index (χ0n) is 20.0. The molecule has 0 aliphatic heterocycles. The van der Waals surface area contributed by atoms with Crippen molar-refractivity contribution in [1.29, 1.82) is 0 Å². The van der Waals surface area contributed by atoms with Gasteiger partial charge in [0.05, 0.1) is 23.9 Å². The number of hydrogen-bond acceptors (Lipinski definition) is 5. The van der Waals surface area contributed by atoms with E-state index in [1.54, 1.807) is 42.5 Å². The van der Waals surface area contributed by atoms with Crippen molar-refractivity contribution in [2.75, 3.05) is 7.11 Å². The minimum atomic E-state index is -4.32. The number of nitrogens with one attached hydrogen (secondary N) is 2. The number of sulfonamides is 1. The normalized spacial score (nSPS) is 12.0. The summed E-state index contributed by atoms with van der Waals surface area (Å²) in [7, 11) is -2.78. The Morgan fingerprint density at radius 3 is 2.34 bits per heavy atom. The van der Waals surface area contributed by atoms with Crippen LogP contribution in [-0.4, -0.2) is 26.5 Å². The van der Waals surface area contributed by atoms with Crippen LogP contribution in [-0.2, 0) is 16.4 Å². The summed E-state index contributed by atoms with van der Waals surface area (Å²) in [5, 5.41) is 2.53. The van der Waals surface area contributed by atoms with E-state index in [-0.39, 0.29) is 21.9 Å². The summed E-state index contributed by atoms with van der Waals surface area (Å²) in [6.45, 7) is 0. The Morgan fingerprint density at radius 2 is 1.68 bits per heavy atom. The standard InChI is InChI=1S/C27H22ClF2N3O4S/c1-37-21-10-8-18(9-11-21)22-5-4-12-31-26(22)24(15-17-13-19(29)16-20(30)14-17)32-27(34)33-38(35,36)25-7-3-2-6-23(25)28/h2-14,16,24H,15H2,1H3,(H2,32,33,34)/t24-/m0/s1. The van der Waals surface area contributed by atoms with Crippen LogP contribution >= 0.6 is 11.6 Å². The molecule has 0 radical (unpaired) electrons. The van der Waals surface area contributed by atoms with Crippen molar-refractivity contribution in [2.45, 2.75) is 17.4 Å². The molecule has 0 saturated carbocycles. The second-order valence-electron chi connectivity index (χ2n) is 8.21. The van der Waals surface area contributed by atoms with E-state index in [4.69, 9.17) is 16.3 Å². The van der Waals surface area contributed by atoms with Crippen LogP contribution in [0.5, 0.6) is 5.75 Å². The van der Waals surface area contributed by atoms with Gasteiger partial charge in [-0.1, -0.05) is 41.9 Å². The Bertz CT molecular complexity index is 1550. The van der Waals surface area contributed by atoms with E-state index >= 15 is 0 Å². The highest BCUT2D eigenvalue weighted by Gasteiger charge is 2.25. The Kier molecular flexibility index (Phi) is 8.23. The summed E-state index contributed by atoms with van der Waals surface area (Å²) < 4.78 is 60.6. The molecule has 0 bridgehead atoms. The van der Waals surface area contributed by atoms with Gasteiger partial charge in [0.2, 0.25) is 0 Å². The maximum absolute atomic E-state index is 13.9. The Hall–Kier alpha value is -4.02. The Morgan fingerprint density at radius 1 is 1.00 bits per heavy atom. The van der Waals surface area contributed by atoms with Gasteiger partial charge in [0.15, 0.2) is 0 Å². The first-order valence-corrected chi connectivity index (χ1v) is 13.1. The minimum Gasteiger partial charge on any atom is -0.497 e. The van der Waals surface area contributed by atoms with E-state index in [1.807, 2.05) is 4.72 Å². The lowest BCUT2D eigenvalue weighted by Crippen LogP contribution is -2.42. The number of halogens is 3. The average molecular weight is 558 g/mol. The molecular weight excluding hydrogens is 536 g/mol. The van der Waals surface area contributed by atoms with Crippen molar-refractivity contribution in [3.8, 4) is 16.9 Å². The molecule has 2 N–H and O–H groups in total. The predicted octanol–water partition coefficient (Wildman–Crippen LogP) is 5.66. The summed E-state index contributed by atoms with van der Waals surface area (Å²) in [5.41, 5.74) is 1.93. The van der Waals surface area contributed by atoms with Crippen LogP contribution < -0.4 is 14.8 Å². The number of methoxy groups -OCH3 is 1. The van der Waals surface area contributed by atoms with Crippen molar-refractivity contribution < 1.29 is 26.7 Å². The Balaban J connectivity index is 1.70. The van der Waals surface area contributed by atoms with E-state index in [0.29, 0.717) is 17.0 Å². The highest BCUT2D eigenvalue weighted by molar-refractivity contribution is 7.90. The summed E-state index contributed by atoms with van der Waals surface area (Å²) in [5.74, 6) is -0.949. The fourth-order valence-corrected chi connectivity index (χ4v) is 5.35. The highest BCUT2D eigenvalue weighted by Crippen LogP contribution is 2.30. The van der Waals surface area contributed by atoms with Gasteiger partial charge in [-0.3, -0.25) is 4.98 Å². The van der Waals surface area contributed by atoms with E-state index in [1.165, 1.54) is 31.5 Å². The van der Waals surface area contributed by atoms with E-state index in [2.05, 4.69) is 10.3 Å². The molecule has 4 rings (SSSR count). The first-order valence-electron chi connectivity index (χ1n) is 11.3. The monoisotopic (exact) mass is 557 g/mol. The van der Waals surface area contributed by atoms with E-state index < -0.39 is 33.7 Å². The first kappa shape index (κ1) is 27.0. The lowest BCUT2D eigenvalue weighted by molar-refractivity contribution is 0.242. The second kappa shape index (κ2) is 11.6. The van der Waals surface area contributed by atoms with Gasteiger partial charge < -0.3 is 10.1 Å². The van der Waals surface area contributed by atoms with Crippen molar-refractivity contribution in [3.63, 3.8) is 0 Å². The second-order valence-corrected chi connectivity index (χ2v) is 10.3. The van der Waals surface area contributed by atoms with Gasteiger partial charge in [0.25, 0.3) is 10.0 Å². The molecule has 4 aromatic rings. The van der Waals surface area contributed by atoms with Crippen LogP contribution in [0.15, 0.2) is 90.0 Å². The van der Waals surface area contributed by atoms with Crippen LogP contribution in [0, 0.1) is 11.6 Å². The quantitative estimate of drug-likeness (QED) is 0.291. The molecule has 7 nitrogen and oxygen atoms in total. The number of ether oxygens (including phenoxy) is 1. The topological polar surface area (TPSA) is 97.4 Å². The van der Waals surface area contributed by atoms with Gasteiger partial charge >= 0.3 is 6.03 Å². The zero-order chi connectivity index (χ0) is 27.3. The van der Waals surface area contributed by atoms with Crippen LogP contribution in [0.1, 0.15) is 17.3 Å². The van der Waals surface area contributed by atoms with E-state index in [9.17, 15) is 22.0 Å². The number of carbonyl (C=O) groups excluding carboxylic acids is 1. The molecule has 11 heteroatoms. The maximum atomic E-state index is 13.9. The average Bonchev–Trinajstić information content (AvgIpc) is 2.87. The summed E-state index contributed by atoms with van der Waals surface area (Å²) >= 11 is 6.00. The summed E-state index contributed by atoms with van der Waals surface area (Å²) in [4.78, 5) is 17.1. The molecular formula is C27H22ClF2N3O4S. The SMILES string of the molecule is COc1ccc(-c2cccnc2[C@H](Cc2cc(F)cc(F)c2)NC(=O)NS(=O)(=O)c2ccccc2Cl)cc1. The zero-order valence-corrected chi connectivity index (χ0v) is 21.6. The minimum absolute atomic E-state index is 0.0638. The van der Waals surface area contributed by atoms with Gasteiger partial charge in [-0.05, 0) is 60.0 Å². The molecule has 38 heavy (non-hydrogen) atoms. The van der Waals surface area contributed by atoms with Crippen molar-refractivity contribution in [1.82, 2.24) is 15.0 Å². The third-order valence-electron chi connectivity index (χ3n) is 5.59. The molecule has 0 saturated heterocycles. The molecule has 1 heterocycles. The van der Waals surface area contributed by atoms with Crippen LogP contribution in [0.25, 0.3) is 11.1 Å². The van der Waals surface area contributed by atoms with Gasteiger partial charge in [-0.15, -0.1) is 0 Å². The number of carbonyl (C=O) groups is 1. The number of aromatic nitrogens is 1. The lowest BCUT2D eigenvalue weighted by atomic mass is 9.95. The molecule has 196 valence electrons. The maximum Gasteiger partial charge on any atom is 0.329 e. The van der Waals surface area contributed by atoms with Gasteiger partial charge in [-0.25, -0.2) is 26.7 Å². The number of amides is 2. The highest BCUT2D eigenvalue weighted by atomic mass is 35.5. The van der Waals surface area contributed by atoms with Crippen LogP contribution in [0.2, 0.25) is 5.02 Å². The number of hydrogen-bond donors (Lipinski definition) is 2. The van der Waals surface area contributed by atoms with E-state index in [0.717, 1.165) is 23.8 Å². The van der Waals surface area contributed by atoms with Crippen LogP contribution in [0.3, 0.4) is 0 Å². The van der Waals surface area contributed by atoms with Gasteiger partial charge in [0, 0.05) is 17.8 Å². The summed E-state index contributed by atoms with van der Waals surface area (Å²) in [6.07, 6.45) is 1.41. The number of urea groups is 1.